The van der Waals surface area contributed by atoms with Gasteiger partial charge in [0.2, 0.25) is 11.8 Å². The van der Waals surface area contributed by atoms with E-state index >= 15 is 0 Å². The molecule has 0 aliphatic carbocycles. The van der Waals surface area contributed by atoms with Crippen LogP contribution in [-0.4, -0.2) is 65.9 Å². The van der Waals surface area contributed by atoms with Gasteiger partial charge >= 0.3 is 0 Å². The van der Waals surface area contributed by atoms with Crippen LogP contribution in [0.15, 0.2) is 0 Å². The van der Waals surface area contributed by atoms with Crippen molar-refractivity contribution in [2.75, 3.05) is 26.2 Å². The number of nitrogens with one attached hydrogen (secondary N) is 1. The first kappa shape index (κ1) is 13.0. The molecule has 3 aliphatic rings. The highest BCUT2D eigenvalue weighted by molar-refractivity contribution is 6.05. The van der Waals surface area contributed by atoms with Crippen molar-refractivity contribution < 1.29 is 9.59 Å². The highest BCUT2D eigenvalue weighted by Gasteiger charge is 2.40. The van der Waals surface area contributed by atoms with Crippen molar-refractivity contribution in [3.63, 3.8) is 0 Å². The number of amides is 2. The lowest BCUT2D eigenvalue weighted by Crippen LogP contribution is -2.47. The van der Waals surface area contributed by atoms with Crippen LogP contribution in [0.1, 0.15) is 25.7 Å². The summed E-state index contributed by atoms with van der Waals surface area (Å²) < 4.78 is 0. The van der Waals surface area contributed by atoms with Crippen LogP contribution in [0.4, 0.5) is 0 Å². The Morgan fingerprint density at radius 3 is 2.37 bits per heavy atom. The topological polar surface area (TPSA) is 78.7 Å². The van der Waals surface area contributed by atoms with E-state index in [0.29, 0.717) is 18.5 Å². The predicted molar refractivity (Wildman–Crippen MR) is 70.3 cm³/mol. The minimum atomic E-state index is -0.232. The summed E-state index contributed by atoms with van der Waals surface area (Å²) in [7, 11) is 0. The minimum absolute atomic E-state index is 0.119. The number of carbonyl (C=O) groups excluding carboxylic acids is 2. The van der Waals surface area contributed by atoms with E-state index in [1.165, 1.54) is 0 Å². The Bertz CT molecular complexity index is 379. The maximum absolute atomic E-state index is 11.7. The molecule has 2 atom stereocenters. The molecule has 3 heterocycles. The van der Waals surface area contributed by atoms with Crippen molar-refractivity contribution in [3.8, 4) is 0 Å². The highest BCUT2D eigenvalue weighted by Crippen LogP contribution is 2.23. The van der Waals surface area contributed by atoms with E-state index < -0.39 is 0 Å². The van der Waals surface area contributed by atoms with Gasteiger partial charge in [-0.2, -0.15) is 0 Å². The largest absolute Gasteiger partial charge is 0.328 e. The third kappa shape index (κ3) is 2.66. The van der Waals surface area contributed by atoms with Gasteiger partial charge in [0.25, 0.3) is 0 Å². The number of hydrogen-bond acceptors (Lipinski definition) is 5. The molecule has 2 amide bonds. The molecule has 0 aromatic heterocycles. The van der Waals surface area contributed by atoms with Crippen LogP contribution in [0.5, 0.6) is 0 Å². The zero-order valence-corrected chi connectivity index (χ0v) is 11.2. The summed E-state index contributed by atoms with van der Waals surface area (Å²) >= 11 is 0. The Morgan fingerprint density at radius 2 is 1.74 bits per heavy atom. The number of likely N-dealkylation sites (tertiary alicyclic amines) is 2. The molecule has 6 nitrogen and oxygen atoms in total. The molecule has 3 aliphatic heterocycles. The number of rotatable bonds is 2. The molecular weight excluding hydrogens is 244 g/mol. The zero-order chi connectivity index (χ0) is 13.4. The molecule has 3 saturated heterocycles. The van der Waals surface area contributed by atoms with Crippen molar-refractivity contribution >= 4 is 11.8 Å². The number of nitrogens with two attached hydrogens (primary N) is 1. The predicted octanol–water partition coefficient (Wildman–Crippen LogP) is -1.10. The molecule has 0 saturated carbocycles. The molecule has 19 heavy (non-hydrogen) atoms. The Morgan fingerprint density at radius 1 is 1.05 bits per heavy atom. The second kappa shape index (κ2) is 5.19. The van der Waals surface area contributed by atoms with Crippen LogP contribution in [0, 0.1) is 0 Å². The van der Waals surface area contributed by atoms with Crippen LogP contribution in [-0.2, 0) is 9.59 Å². The number of carbonyl (C=O) groups is 2. The summed E-state index contributed by atoms with van der Waals surface area (Å²) in [6, 6.07) is 0.646. The second-order valence-electron chi connectivity index (χ2n) is 5.94. The molecule has 0 radical (unpaired) electrons. The van der Waals surface area contributed by atoms with E-state index in [9.17, 15) is 9.59 Å². The standard InChI is InChI=1S/C13H22N4O2/c14-9-1-4-16(5-2-9)10-3-6-17(8-10)11-7-12(18)15-13(11)19/h9-11H,1-8,14H2,(H,15,18,19). The monoisotopic (exact) mass is 266 g/mol. The SMILES string of the molecule is NC1CCN(C2CCN(C3CC(=O)NC3=O)C2)CC1. The number of imide groups is 1. The van der Waals surface area contributed by atoms with Crippen molar-refractivity contribution in [1.29, 1.82) is 0 Å². The first-order valence-corrected chi connectivity index (χ1v) is 7.21. The molecule has 3 fully saturated rings. The van der Waals surface area contributed by atoms with Gasteiger partial charge in [0.05, 0.1) is 12.5 Å². The lowest BCUT2D eigenvalue weighted by Gasteiger charge is -2.35. The van der Waals surface area contributed by atoms with Crippen LogP contribution in [0.2, 0.25) is 0 Å². The molecule has 0 spiro atoms. The Kier molecular flexibility index (Phi) is 3.56. The Labute approximate surface area is 113 Å². The van der Waals surface area contributed by atoms with Gasteiger partial charge in [0.1, 0.15) is 0 Å². The maximum Gasteiger partial charge on any atom is 0.244 e. The van der Waals surface area contributed by atoms with E-state index in [4.69, 9.17) is 5.73 Å². The second-order valence-corrected chi connectivity index (χ2v) is 5.94. The van der Waals surface area contributed by atoms with Gasteiger partial charge in [-0.3, -0.25) is 24.7 Å². The van der Waals surface area contributed by atoms with E-state index in [1.807, 2.05) is 0 Å². The summed E-state index contributed by atoms with van der Waals surface area (Å²) in [5.74, 6) is -0.256. The summed E-state index contributed by atoms with van der Waals surface area (Å²) in [4.78, 5) is 27.6. The van der Waals surface area contributed by atoms with Gasteiger partial charge in [0.15, 0.2) is 0 Å². The minimum Gasteiger partial charge on any atom is -0.328 e. The lowest BCUT2D eigenvalue weighted by atomic mass is 10.0. The number of piperidine rings is 1. The summed E-state index contributed by atoms with van der Waals surface area (Å²) in [6.07, 6.45) is 3.56. The molecule has 0 aromatic carbocycles. The average molecular weight is 266 g/mol. The summed E-state index contributed by atoms with van der Waals surface area (Å²) in [5.41, 5.74) is 5.93. The summed E-state index contributed by atoms with van der Waals surface area (Å²) in [5, 5.41) is 2.39. The van der Waals surface area contributed by atoms with Crippen LogP contribution < -0.4 is 11.1 Å². The van der Waals surface area contributed by atoms with E-state index in [-0.39, 0.29) is 17.9 Å². The van der Waals surface area contributed by atoms with Crippen LogP contribution >= 0.6 is 0 Å². The quantitative estimate of drug-likeness (QED) is 0.620. The molecule has 0 bridgehead atoms. The first-order chi connectivity index (χ1) is 9.13. The van der Waals surface area contributed by atoms with Gasteiger partial charge in [-0.1, -0.05) is 0 Å². The van der Waals surface area contributed by atoms with Gasteiger partial charge in [-0.05, 0) is 32.4 Å². The van der Waals surface area contributed by atoms with Crippen molar-refractivity contribution in [2.45, 2.75) is 43.8 Å². The van der Waals surface area contributed by atoms with Crippen molar-refractivity contribution in [3.05, 3.63) is 0 Å². The van der Waals surface area contributed by atoms with Gasteiger partial charge in [-0.25, -0.2) is 0 Å². The van der Waals surface area contributed by atoms with Crippen molar-refractivity contribution in [1.82, 2.24) is 15.1 Å². The van der Waals surface area contributed by atoms with Crippen LogP contribution in [0.3, 0.4) is 0 Å². The smallest absolute Gasteiger partial charge is 0.244 e. The normalized spacial score (nSPS) is 35.0. The van der Waals surface area contributed by atoms with Gasteiger partial charge < -0.3 is 5.73 Å². The van der Waals surface area contributed by atoms with Crippen molar-refractivity contribution in [2.24, 2.45) is 5.73 Å². The third-order valence-corrected chi connectivity index (χ3v) is 4.67. The lowest BCUT2D eigenvalue weighted by molar-refractivity contribution is -0.126. The molecule has 2 unspecified atom stereocenters. The fraction of sp³-hybridized carbons (Fsp3) is 0.846. The Balaban J connectivity index is 1.55. The molecule has 106 valence electrons. The van der Waals surface area contributed by atoms with Gasteiger partial charge in [0, 0.05) is 25.2 Å². The molecule has 3 rings (SSSR count). The van der Waals surface area contributed by atoms with E-state index in [2.05, 4.69) is 15.1 Å². The first-order valence-electron chi connectivity index (χ1n) is 7.21. The summed E-state index contributed by atoms with van der Waals surface area (Å²) in [6.45, 7) is 3.95. The maximum atomic E-state index is 11.7. The van der Waals surface area contributed by atoms with E-state index in [1.54, 1.807) is 0 Å². The number of hydrogen-bond donors (Lipinski definition) is 2. The fourth-order valence-electron chi connectivity index (χ4n) is 3.47. The van der Waals surface area contributed by atoms with E-state index in [0.717, 1.165) is 45.4 Å². The Hall–Kier alpha value is -0.980. The number of nitrogens with zero attached hydrogens (tertiary/aromatic N) is 2. The fourth-order valence-corrected chi connectivity index (χ4v) is 3.47. The van der Waals surface area contributed by atoms with Gasteiger partial charge in [-0.15, -0.1) is 0 Å². The molecule has 6 heteroatoms. The highest BCUT2D eigenvalue weighted by atomic mass is 16.2. The van der Waals surface area contributed by atoms with Crippen LogP contribution in [0.25, 0.3) is 0 Å². The molecular formula is C13H22N4O2. The molecule has 3 N–H and O–H groups in total. The average Bonchev–Trinajstić information content (AvgIpc) is 2.97. The third-order valence-electron chi connectivity index (χ3n) is 4.67. The molecule has 0 aromatic rings. The zero-order valence-electron chi connectivity index (χ0n) is 11.2.